The number of aromatic nitrogens is 2. The zero-order valence-corrected chi connectivity index (χ0v) is 12.2. The van der Waals surface area contributed by atoms with Gasteiger partial charge < -0.3 is 15.8 Å². The van der Waals surface area contributed by atoms with E-state index >= 15 is 0 Å². The second-order valence-electron chi connectivity index (χ2n) is 5.19. The Morgan fingerprint density at radius 3 is 2.95 bits per heavy atom. The summed E-state index contributed by atoms with van der Waals surface area (Å²) in [5.74, 6) is -0.0424. The number of ether oxygens (including phenoxy) is 1. The third-order valence-corrected chi connectivity index (χ3v) is 3.64. The number of likely N-dealkylation sites (N-methyl/N-ethyl adjacent to an activating group) is 1. The first-order chi connectivity index (χ1) is 9.54. The van der Waals surface area contributed by atoms with Gasteiger partial charge in [-0.2, -0.15) is 5.10 Å². The minimum absolute atomic E-state index is 0.0424. The summed E-state index contributed by atoms with van der Waals surface area (Å²) < 4.78 is 7.19. The number of nitrogens with two attached hydrogens (primary N) is 1. The second kappa shape index (κ2) is 6.34. The minimum atomic E-state index is -0.315. The van der Waals surface area contributed by atoms with Crippen LogP contribution in [0.25, 0.3) is 0 Å². The molecule has 2 heterocycles. The van der Waals surface area contributed by atoms with Crippen LogP contribution in [0.4, 0.5) is 0 Å². The van der Waals surface area contributed by atoms with Gasteiger partial charge in [0.2, 0.25) is 5.91 Å². The van der Waals surface area contributed by atoms with Gasteiger partial charge in [0.25, 0.3) is 0 Å². The topological polar surface area (TPSA) is 85.4 Å². The summed E-state index contributed by atoms with van der Waals surface area (Å²) in [7, 11) is 3.51. The van der Waals surface area contributed by atoms with Crippen molar-refractivity contribution in [2.75, 3.05) is 26.8 Å². The summed E-state index contributed by atoms with van der Waals surface area (Å²) in [5, 5.41) is 6.90. The first-order valence-corrected chi connectivity index (χ1v) is 6.83. The van der Waals surface area contributed by atoms with E-state index in [1.165, 1.54) is 0 Å². The van der Waals surface area contributed by atoms with Crippen molar-refractivity contribution >= 4 is 5.91 Å². The van der Waals surface area contributed by atoms with Gasteiger partial charge >= 0.3 is 0 Å². The van der Waals surface area contributed by atoms with Gasteiger partial charge in [-0.05, 0) is 6.92 Å². The highest BCUT2D eigenvalue weighted by molar-refractivity contribution is 5.81. The number of nitrogens with one attached hydrogen (secondary N) is 1. The predicted octanol–water partition coefficient (Wildman–Crippen LogP) is -0.745. The lowest BCUT2D eigenvalue weighted by Crippen LogP contribution is -2.56. The van der Waals surface area contributed by atoms with Crippen LogP contribution in [0.2, 0.25) is 0 Å². The maximum atomic E-state index is 12.0. The number of rotatable bonds is 4. The Bertz CT molecular complexity index is 459. The van der Waals surface area contributed by atoms with Gasteiger partial charge in [-0.25, -0.2) is 0 Å². The van der Waals surface area contributed by atoms with E-state index in [4.69, 9.17) is 10.5 Å². The molecule has 1 aliphatic rings. The predicted molar refractivity (Wildman–Crippen MR) is 75.0 cm³/mol. The lowest BCUT2D eigenvalue weighted by atomic mass is 9.99. The lowest BCUT2D eigenvalue weighted by Gasteiger charge is -2.41. The maximum absolute atomic E-state index is 12.0. The van der Waals surface area contributed by atoms with E-state index in [2.05, 4.69) is 15.3 Å². The van der Waals surface area contributed by atoms with Crippen LogP contribution in [-0.2, 0) is 16.6 Å². The molecule has 1 fully saturated rings. The third-order valence-electron chi connectivity index (χ3n) is 3.64. The molecule has 2 rings (SSSR count). The van der Waals surface area contributed by atoms with E-state index in [-0.39, 0.29) is 24.0 Å². The molecular formula is C13H23N5O2. The number of morpholine rings is 1. The maximum Gasteiger partial charge on any atom is 0.239 e. The largest absolute Gasteiger partial charge is 0.378 e. The third kappa shape index (κ3) is 3.00. The van der Waals surface area contributed by atoms with Crippen molar-refractivity contribution < 1.29 is 9.53 Å². The van der Waals surface area contributed by atoms with Crippen molar-refractivity contribution in [1.29, 1.82) is 0 Å². The molecule has 0 spiro atoms. The molecule has 1 amide bonds. The summed E-state index contributed by atoms with van der Waals surface area (Å²) in [4.78, 5) is 14.2. The molecule has 1 aromatic rings. The highest BCUT2D eigenvalue weighted by Crippen LogP contribution is 2.27. The number of amides is 1. The zero-order chi connectivity index (χ0) is 14.7. The van der Waals surface area contributed by atoms with Crippen molar-refractivity contribution in [3.8, 4) is 0 Å². The quantitative estimate of drug-likeness (QED) is 0.759. The molecule has 0 aromatic carbocycles. The van der Waals surface area contributed by atoms with Gasteiger partial charge in [-0.3, -0.25) is 14.4 Å². The van der Waals surface area contributed by atoms with Crippen molar-refractivity contribution in [1.82, 2.24) is 20.0 Å². The molecule has 112 valence electrons. The fourth-order valence-electron chi connectivity index (χ4n) is 2.73. The average molecular weight is 281 g/mol. The summed E-state index contributed by atoms with van der Waals surface area (Å²) in [6, 6.07) is -0.468. The molecule has 20 heavy (non-hydrogen) atoms. The number of hydrogen-bond acceptors (Lipinski definition) is 5. The SMILES string of the molecule is CNC(=O)C1COCCN1C(c1cnn(C)c1)C(C)N. The van der Waals surface area contributed by atoms with E-state index in [9.17, 15) is 4.79 Å². The number of hydrogen-bond donors (Lipinski definition) is 2. The molecule has 1 aromatic heterocycles. The monoisotopic (exact) mass is 281 g/mol. The first kappa shape index (κ1) is 15.0. The van der Waals surface area contributed by atoms with Gasteiger partial charge in [0, 0.05) is 38.4 Å². The Balaban J connectivity index is 2.28. The normalized spacial score (nSPS) is 23.3. The van der Waals surface area contributed by atoms with E-state index in [1.807, 2.05) is 26.4 Å². The van der Waals surface area contributed by atoms with Crippen LogP contribution in [0.1, 0.15) is 18.5 Å². The molecule has 0 bridgehead atoms. The van der Waals surface area contributed by atoms with Gasteiger partial charge in [-0.15, -0.1) is 0 Å². The van der Waals surface area contributed by atoms with Crippen LogP contribution in [0, 0.1) is 0 Å². The molecule has 0 aliphatic carbocycles. The molecule has 3 atom stereocenters. The summed E-state index contributed by atoms with van der Waals surface area (Å²) in [5.41, 5.74) is 7.19. The number of aryl methyl sites for hydroxylation is 1. The molecule has 7 nitrogen and oxygen atoms in total. The van der Waals surface area contributed by atoms with Crippen LogP contribution < -0.4 is 11.1 Å². The number of nitrogens with zero attached hydrogens (tertiary/aromatic N) is 3. The van der Waals surface area contributed by atoms with Crippen LogP contribution in [0.15, 0.2) is 12.4 Å². The summed E-state index contributed by atoms with van der Waals surface area (Å²) in [6.45, 7) is 3.63. The minimum Gasteiger partial charge on any atom is -0.378 e. The standard InChI is InChI=1S/C13H23N5O2/c1-9(14)12(10-6-16-17(3)7-10)18-4-5-20-8-11(18)13(19)15-2/h6-7,9,11-12H,4-5,8,14H2,1-3H3,(H,15,19). The van der Waals surface area contributed by atoms with E-state index in [0.717, 1.165) is 5.56 Å². The van der Waals surface area contributed by atoms with Crippen molar-refractivity contribution in [2.24, 2.45) is 12.8 Å². The van der Waals surface area contributed by atoms with Gasteiger partial charge in [0.05, 0.1) is 25.5 Å². The summed E-state index contributed by atoms with van der Waals surface area (Å²) >= 11 is 0. The van der Waals surface area contributed by atoms with Gasteiger partial charge in [-0.1, -0.05) is 0 Å². The molecule has 0 radical (unpaired) electrons. The highest BCUT2D eigenvalue weighted by Gasteiger charge is 2.36. The molecule has 3 unspecified atom stereocenters. The van der Waals surface area contributed by atoms with Gasteiger partial charge in [0.1, 0.15) is 6.04 Å². The Kier molecular flexibility index (Phi) is 4.74. The molecule has 0 saturated carbocycles. The van der Waals surface area contributed by atoms with Gasteiger partial charge in [0.15, 0.2) is 0 Å². The Labute approximate surface area is 119 Å². The Morgan fingerprint density at radius 2 is 2.40 bits per heavy atom. The summed E-state index contributed by atoms with van der Waals surface area (Å²) in [6.07, 6.45) is 3.76. The molecule has 1 aliphatic heterocycles. The molecular weight excluding hydrogens is 258 g/mol. The fraction of sp³-hybridized carbons (Fsp3) is 0.692. The Morgan fingerprint density at radius 1 is 1.65 bits per heavy atom. The van der Waals surface area contributed by atoms with Crippen molar-refractivity contribution in [2.45, 2.75) is 25.0 Å². The van der Waals surface area contributed by atoms with Crippen molar-refractivity contribution in [3.05, 3.63) is 18.0 Å². The smallest absolute Gasteiger partial charge is 0.239 e. The lowest BCUT2D eigenvalue weighted by molar-refractivity contribution is -0.134. The average Bonchev–Trinajstić information content (AvgIpc) is 2.84. The van der Waals surface area contributed by atoms with Crippen LogP contribution >= 0.6 is 0 Å². The van der Waals surface area contributed by atoms with E-state index < -0.39 is 0 Å². The number of carbonyl (C=O) groups excluding carboxylic acids is 1. The number of carbonyl (C=O) groups is 1. The van der Waals surface area contributed by atoms with Crippen LogP contribution in [0.5, 0.6) is 0 Å². The van der Waals surface area contributed by atoms with Crippen LogP contribution in [0.3, 0.4) is 0 Å². The Hall–Kier alpha value is -1.44. The van der Waals surface area contributed by atoms with Crippen LogP contribution in [-0.4, -0.2) is 59.5 Å². The first-order valence-electron chi connectivity index (χ1n) is 6.83. The van der Waals surface area contributed by atoms with E-state index in [0.29, 0.717) is 19.8 Å². The van der Waals surface area contributed by atoms with Crippen molar-refractivity contribution in [3.63, 3.8) is 0 Å². The second-order valence-corrected chi connectivity index (χ2v) is 5.19. The highest BCUT2D eigenvalue weighted by atomic mass is 16.5. The fourth-order valence-corrected chi connectivity index (χ4v) is 2.73. The molecule has 1 saturated heterocycles. The zero-order valence-electron chi connectivity index (χ0n) is 12.2. The van der Waals surface area contributed by atoms with E-state index in [1.54, 1.807) is 11.7 Å². The molecule has 7 heteroatoms. The molecule has 3 N–H and O–H groups in total.